The highest BCUT2D eigenvalue weighted by atomic mass is 32.1. The lowest BCUT2D eigenvalue weighted by Crippen LogP contribution is -2.30. The Labute approximate surface area is 169 Å². The van der Waals surface area contributed by atoms with Gasteiger partial charge in [-0.3, -0.25) is 9.69 Å². The SMILES string of the molecule is C#CCOc1ccc(/C=C2\NC(=S)N(c3ccc(C)cc3)C2=O)cc1OCC. The summed E-state index contributed by atoms with van der Waals surface area (Å²) in [6, 6.07) is 13.0. The van der Waals surface area contributed by atoms with Gasteiger partial charge in [0.2, 0.25) is 0 Å². The molecule has 0 aliphatic carbocycles. The molecule has 1 N–H and O–H groups in total. The van der Waals surface area contributed by atoms with E-state index in [1.807, 2.05) is 44.2 Å². The zero-order valence-electron chi connectivity index (χ0n) is 15.7. The second-order valence-electron chi connectivity index (χ2n) is 6.10. The molecule has 0 radical (unpaired) electrons. The van der Waals surface area contributed by atoms with E-state index in [1.165, 1.54) is 4.90 Å². The highest BCUT2D eigenvalue weighted by Crippen LogP contribution is 2.30. The van der Waals surface area contributed by atoms with E-state index in [2.05, 4.69) is 11.2 Å². The summed E-state index contributed by atoms with van der Waals surface area (Å²) < 4.78 is 11.1. The van der Waals surface area contributed by atoms with E-state index in [-0.39, 0.29) is 12.5 Å². The summed E-state index contributed by atoms with van der Waals surface area (Å²) >= 11 is 5.35. The van der Waals surface area contributed by atoms with E-state index < -0.39 is 0 Å². The first-order valence-electron chi connectivity index (χ1n) is 8.80. The zero-order chi connectivity index (χ0) is 20.1. The third-order valence-electron chi connectivity index (χ3n) is 4.06. The molecule has 0 aromatic heterocycles. The number of carbonyl (C=O) groups excluding carboxylic acids is 1. The number of hydrogen-bond acceptors (Lipinski definition) is 4. The predicted molar refractivity (Wildman–Crippen MR) is 114 cm³/mol. The van der Waals surface area contributed by atoms with Crippen molar-refractivity contribution in [3.05, 3.63) is 59.3 Å². The summed E-state index contributed by atoms with van der Waals surface area (Å²) in [6.07, 6.45) is 6.98. The second kappa shape index (κ2) is 8.59. The third-order valence-corrected chi connectivity index (χ3v) is 4.34. The number of aryl methyl sites for hydroxylation is 1. The minimum Gasteiger partial charge on any atom is -0.490 e. The maximum absolute atomic E-state index is 12.9. The van der Waals surface area contributed by atoms with Crippen molar-refractivity contribution in [1.82, 2.24) is 5.32 Å². The topological polar surface area (TPSA) is 50.8 Å². The highest BCUT2D eigenvalue weighted by Gasteiger charge is 2.31. The molecule has 3 rings (SSSR count). The molecule has 1 aliphatic rings. The van der Waals surface area contributed by atoms with Crippen LogP contribution in [0.25, 0.3) is 6.08 Å². The van der Waals surface area contributed by atoms with E-state index >= 15 is 0 Å². The number of amides is 1. The number of thiocarbonyl (C=S) groups is 1. The van der Waals surface area contributed by atoms with E-state index in [9.17, 15) is 4.79 Å². The minimum absolute atomic E-state index is 0.153. The quantitative estimate of drug-likeness (QED) is 0.462. The fraction of sp³-hybridized carbons (Fsp3) is 0.182. The molecule has 0 atom stereocenters. The van der Waals surface area contributed by atoms with Gasteiger partial charge in [-0.15, -0.1) is 6.42 Å². The van der Waals surface area contributed by atoms with Crippen LogP contribution in [0.1, 0.15) is 18.1 Å². The molecule has 1 aliphatic heterocycles. The molecule has 6 heteroatoms. The molecular formula is C22H20N2O3S. The number of benzene rings is 2. The van der Waals surface area contributed by atoms with Crippen molar-refractivity contribution in [3.8, 4) is 23.8 Å². The van der Waals surface area contributed by atoms with E-state index in [0.29, 0.717) is 28.9 Å². The van der Waals surface area contributed by atoms with Crippen molar-refractivity contribution in [1.29, 1.82) is 0 Å². The summed E-state index contributed by atoms with van der Waals surface area (Å²) in [7, 11) is 0. The molecule has 2 aromatic rings. The normalized spacial score (nSPS) is 14.8. The molecule has 142 valence electrons. The van der Waals surface area contributed by atoms with Crippen LogP contribution in [0, 0.1) is 19.3 Å². The van der Waals surface area contributed by atoms with Crippen LogP contribution in [0.15, 0.2) is 48.2 Å². The standard InChI is InChI=1S/C22H20N2O3S/c1-4-12-27-19-11-8-16(14-20(19)26-5-2)13-18-21(25)24(22(28)23-18)17-9-6-15(3)7-10-17/h1,6-11,13-14H,5,12H2,2-3H3,(H,23,28)/b18-13-. The van der Waals surface area contributed by atoms with Gasteiger partial charge >= 0.3 is 0 Å². The molecule has 0 spiro atoms. The predicted octanol–water partition coefficient (Wildman–Crippen LogP) is 3.67. The van der Waals surface area contributed by atoms with Crippen LogP contribution in [0.5, 0.6) is 11.5 Å². The minimum atomic E-state index is -0.209. The van der Waals surface area contributed by atoms with Crippen molar-refractivity contribution in [2.24, 2.45) is 0 Å². The number of carbonyl (C=O) groups is 1. The van der Waals surface area contributed by atoms with Gasteiger partial charge < -0.3 is 14.8 Å². The fourth-order valence-corrected chi connectivity index (χ4v) is 3.05. The maximum atomic E-state index is 12.9. The van der Waals surface area contributed by atoms with Gasteiger partial charge in [-0.1, -0.05) is 29.7 Å². The van der Waals surface area contributed by atoms with Gasteiger partial charge in [0.1, 0.15) is 12.3 Å². The summed E-state index contributed by atoms with van der Waals surface area (Å²) in [5.41, 5.74) is 3.01. The van der Waals surface area contributed by atoms with Crippen LogP contribution < -0.4 is 19.7 Å². The van der Waals surface area contributed by atoms with E-state index in [0.717, 1.165) is 16.8 Å². The summed E-state index contributed by atoms with van der Waals surface area (Å²) in [5, 5.41) is 3.33. The molecule has 28 heavy (non-hydrogen) atoms. The van der Waals surface area contributed by atoms with Gasteiger partial charge in [0.15, 0.2) is 16.6 Å². The highest BCUT2D eigenvalue weighted by molar-refractivity contribution is 7.80. The van der Waals surface area contributed by atoms with Crippen molar-refractivity contribution in [3.63, 3.8) is 0 Å². The van der Waals surface area contributed by atoms with Crippen LogP contribution in [0.4, 0.5) is 5.69 Å². The molecule has 1 fully saturated rings. The van der Waals surface area contributed by atoms with Crippen molar-refractivity contribution in [2.45, 2.75) is 13.8 Å². The van der Waals surface area contributed by atoms with Gasteiger partial charge in [-0.05, 0) is 62.0 Å². The number of anilines is 1. The van der Waals surface area contributed by atoms with Gasteiger partial charge in [-0.2, -0.15) is 0 Å². The van der Waals surface area contributed by atoms with Crippen LogP contribution in [0.2, 0.25) is 0 Å². The Morgan fingerprint density at radius 1 is 1.18 bits per heavy atom. The monoisotopic (exact) mass is 392 g/mol. The van der Waals surface area contributed by atoms with Crippen molar-refractivity contribution in [2.75, 3.05) is 18.1 Å². The Hall–Kier alpha value is -3.30. The molecule has 5 nitrogen and oxygen atoms in total. The molecule has 0 bridgehead atoms. The molecule has 2 aromatic carbocycles. The van der Waals surface area contributed by atoms with Gasteiger partial charge in [0, 0.05) is 0 Å². The first-order chi connectivity index (χ1) is 13.5. The average molecular weight is 392 g/mol. The molecular weight excluding hydrogens is 372 g/mol. The lowest BCUT2D eigenvalue weighted by atomic mass is 10.1. The number of nitrogens with zero attached hydrogens (tertiary/aromatic N) is 1. The number of ether oxygens (including phenoxy) is 2. The van der Waals surface area contributed by atoms with Gasteiger partial charge in [0.05, 0.1) is 12.3 Å². The Kier molecular flexibility index (Phi) is 5.97. The fourth-order valence-electron chi connectivity index (χ4n) is 2.75. The number of rotatable bonds is 6. The second-order valence-corrected chi connectivity index (χ2v) is 6.48. The lowest BCUT2D eigenvalue weighted by molar-refractivity contribution is -0.113. The summed E-state index contributed by atoms with van der Waals surface area (Å²) in [6.45, 7) is 4.51. The summed E-state index contributed by atoms with van der Waals surface area (Å²) in [4.78, 5) is 14.3. The average Bonchev–Trinajstić information content (AvgIpc) is 2.95. The van der Waals surface area contributed by atoms with Crippen LogP contribution in [0.3, 0.4) is 0 Å². The zero-order valence-corrected chi connectivity index (χ0v) is 16.5. The maximum Gasteiger partial charge on any atom is 0.281 e. The van der Waals surface area contributed by atoms with Crippen molar-refractivity contribution < 1.29 is 14.3 Å². The molecule has 0 saturated carbocycles. The molecule has 1 heterocycles. The smallest absolute Gasteiger partial charge is 0.281 e. The Bertz CT molecular complexity index is 974. The van der Waals surface area contributed by atoms with Crippen LogP contribution in [-0.4, -0.2) is 24.2 Å². The third kappa shape index (κ3) is 4.16. The molecule has 1 amide bonds. The van der Waals surface area contributed by atoms with Crippen molar-refractivity contribution >= 4 is 35.0 Å². The largest absolute Gasteiger partial charge is 0.490 e. The molecule has 0 unspecified atom stereocenters. The first kappa shape index (κ1) is 19.5. The molecule has 1 saturated heterocycles. The number of hydrogen-bond donors (Lipinski definition) is 1. The Morgan fingerprint density at radius 2 is 1.93 bits per heavy atom. The Balaban J connectivity index is 1.88. The van der Waals surface area contributed by atoms with Crippen LogP contribution in [-0.2, 0) is 4.79 Å². The Morgan fingerprint density at radius 3 is 2.61 bits per heavy atom. The first-order valence-corrected chi connectivity index (χ1v) is 9.21. The van der Waals surface area contributed by atoms with E-state index in [4.69, 9.17) is 28.1 Å². The number of terminal acetylenes is 1. The van der Waals surface area contributed by atoms with Gasteiger partial charge in [0.25, 0.3) is 5.91 Å². The number of nitrogens with one attached hydrogen (secondary N) is 1. The summed E-state index contributed by atoms with van der Waals surface area (Å²) in [5.74, 6) is 3.35. The van der Waals surface area contributed by atoms with Gasteiger partial charge in [-0.25, -0.2) is 0 Å². The van der Waals surface area contributed by atoms with Crippen LogP contribution >= 0.6 is 12.2 Å². The lowest BCUT2D eigenvalue weighted by Gasteiger charge is -2.14. The van der Waals surface area contributed by atoms with E-state index in [1.54, 1.807) is 18.2 Å².